The molecule has 17 heavy (non-hydrogen) atoms. The normalized spacial score (nSPS) is 16.6. The first-order chi connectivity index (χ1) is 7.95. The number of rotatable bonds is 5. The first kappa shape index (κ1) is 14.2. The molecule has 0 saturated heterocycles. The van der Waals surface area contributed by atoms with Crippen molar-refractivity contribution in [1.29, 1.82) is 0 Å². The van der Waals surface area contributed by atoms with Gasteiger partial charge in [0.25, 0.3) is 0 Å². The maximum Gasteiger partial charge on any atom is 0.0696 e. The maximum absolute atomic E-state index is 9.95. The van der Waals surface area contributed by atoms with Crippen LogP contribution in [0.4, 0.5) is 0 Å². The molecular weight excluding hydrogens is 210 g/mol. The third kappa shape index (κ3) is 3.83. The van der Waals surface area contributed by atoms with E-state index in [0.717, 1.165) is 12.8 Å². The summed E-state index contributed by atoms with van der Waals surface area (Å²) in [5.41, 5.74) is 9.76. The number of hydrogen-bond acceptors (Lipinski definition) is 2. The highest BCUT2D eigenvalue weighted by Crippen LogP contribution is 2.23. The van der Waals surface area contributed by atoms with E-state index in [0.29, 0.717) is 5.92 Å². The summed E-state index contributed by atoms with van der Waals surface area (Å²) < 4.78 is 0. The smallest absolute Gasteiger partial charge is 0.0696 e. The molecule has 0 radical (unpaired) electrons. The van der Waals surface area contributed by atoms with Crippen molar-refractivity contribution in [1.82, 2.24) is 0 Å². The van der Waals surface area contributed by atoms with Crippen molar-refractivity contribution >= 4 is 0 Å². The molecule has 0 aromatic heterocycles. The van der Waals surface area contributed by atoms with Gasteiger partial charge in [-0.15, -0.1) is 0 Å². The van der Waals surface area contributed by atoms with Gasteiger partial charge in [0.1, 0.15) is 0 Å². The lowest BCUT2D eigenvalue weighted by Crippen LogP contribution is -2.34. The van der Waals surface area contributed by atoms with Gasteiger partial charge in [0.2, 0.25) is 0 Å². The van der Waals surface area contributed by atoms with E-state index in [2.05, 4.69) is 39.0 Å². The second-order valence-electron chi connectivity index (χ2n) is 5.12. The summed E-state index contributed by atoms with van der Waals surface area (Å²) >= 11 is 0. The number of aryl methyl sites for hydroxylation is 2. The van der Waals surface area contributed by atoms with Crippen LogP contribution in [-0.4, -0.2) is 17.3 Å². The van der Waals surface area contributed by atoms with Gasteiger partial charge in [-0.3, -0.25) is 0 Å². The van der Waals surface area contributed by atoms with Gasteiger partial charge < -0.3 is 10.8 Å². The Balaban J connectivity index is 2.69. The van der Waals surface area contributed by atoms with Crippen LogP contribution in [0, 0.1) is 13.8 Å². The Morgan fingerprint density at radius 3 is 2.41 bits per heavy atom. The minimum Gasteiger partial charge on any atom is -0.391 e. The van der Waals surface area contributed by atoms with Crippen LogP contribution in [0.15, 0.2) is 18.2 Å². The standard InChI is InChI=1S/C15H25NO/c1-5-14(16)15(17)9-12(4)13-7-6-10(2)11(3)8-13/h6-8,12,14-15,17H,5,9,16H2,1-4H3. The molecule has 3 N–H and O–H groups in total. The molecule has 2 nitrogen and oxygen atoms in total. The van der Waals surface area contributed by atoms with Gasteiger partial charge in [-0.2, -0.15) is 0 Å². The topological polar surface area (TPSA) is 46.2 Å². The fourth-order valence-electron chi connectivity index (χ4n) is 2.02. The van der Waals surface area contributed by atoms with Crippen molar-refractivity contribution < 1.29 is 5.11 Å². The summed E-state index contributed by atoms with van der Waals surface area (Å²) in [6, 6.07) is 6.40. The van der Waals surface area contributed by atoms with Gasteiger partial charge in [0, 0.05) is 6.04 Å². The molecule has 0 heterocycles. The zero-order valence-corrected chi connectivity index (χ0v) is 11.4. The van der Waals surface area contributed by atoms with Crippen LogP contribution in [0.1, 0.15) is 49.3 Å². The molecule has 3 unspecified atom stereocenters. The third-order valence-electron chi connectivity index (χ3n) is 3.66. The van der Waals surface area contributed by atoms with Crippen molar-refractivity contribution in [3.63, 3.8) is 0 Å². The monoisotopic (exact) mass is 235 g/mol. The second-order valence-corrected chi connectivity index (χ2v) is 5.12. The van der Waals surface area contributed by atoms with Gasteiger partial charge in [-0.25, -0.2) is 0 Å². The summed E-state index contributed by atoms with van der Waals surface area (Å²) in [5.74, 6) is 0.349. The Morgan fingerprint density at radius 1 is 1.24 bits per heavy atom. The lowest BCUT2D eigenvalue weighted by molar-refractivity contribution is 0.126. The molecule has 0 aliphatic heterocycles. The van der Waals surface area contributed by atoms with Crippen LogP contribution >= 0.6 is 0 Å². The fraction of sp³-hybridized carbons (Fsp3) is 0.600. The molecule has 0 spiro atoms. The molecule has 0 saturated carbocycles. The summed E-state index contributed by atoms with van der Waals surface area (Å²) in [7, 11) is 0. The molecule has 1 aromatic rings. The molecule has 0 bridgehead atoms. The average molecular weight is 235 g/mol. The van der Waals surface area contributed by atoms with E-state index in [1.807, 2.05) is 6.92 Å². The van der Waals surface area contributed by atoms with E-state index in [1.54, 1.807) is 0 Å². The van der Waals surface area contributed by atoms with E-state index in [1.165, 1.54) is 16.7 Å². The van der Waals surface area contributed by atoms with Crippen LogP contribution < -0.4 is 5.73 Å². The zero-order chi connectivity index (χ0) is 13.0. The lowest BCUT2D eigenvalue weighted by atomic mass is 9.90. The van der Waals surface area contributed by atoms with E-state index in [9.17, 15) is 5.11 Å². The van der Waals surface area contributed by atoms with Gasteiger partial charge >= 0.3 is 0 Å². The Kier molecular flexibility index (Phi) is 5.16. The summed E-state index contributed by atoms with van der Waals surface area (Å²) in [6.07, 6.45) is 1.15. The number of aliphatic hydroxyl groups excluding tert-OH is 1. The molecule has 96 valence electrons. The molecular formula is C15H25NO. The molecule has 1 rings (SSSR count). The first-order valence-electron chi connectivity index (χ1n) is 6.46. The highest BCUT2D eigenvalue weighted by Gasteiger charge is 2.17. The van der Waals surface area contributed by atoms with E-state index >= 15 is 0 Å². The predicted octanol–water partition coefficient (Wildman–Crippen LogP) is 2.90. The molecule has 1 aromatic carbocycles. The largest absolute Gasteiger partial charge is 0.391 e. The van der Waals surface area contributed by atoms with Crippen LogP contribution in [-0.2, 0) is 0 Å². The molecule has 0 fully saturated rings. The van der Waals surface area contributed by atoms with Gasteiger partial charge in [-0.05, 0) is 49.3 Å². The first-order valence-corrected chi connectivity index (χ1v) is 6.46. The maximum atomic E-state index is 9.95. The van der Waals surface area contributed by atoms with Crippen LogP contribution in [0.3, 0.4) is 0 Å². The summed E-state index contributed by atoms with van der Waals surface area (Å²) in [4.78, 5) is 0. The van der Waals surface area contributed by atoms with E-state index in [4.69, 9.17) is 5.73 Å². The number of benzene rings is 1. The third-order valence-corrected chi connectivity index (χ3v) is 3.66. The lowest BCUT2D eigenvalue weighted by Gasteiger charge is -2.21. The number of hydrogen-bond donors (Lipinski definition) is 2. The Hall–Kier alpha value is -0.860. The Bertz CT molecular complexity index is 362. The SMILES string of the molecule is CCC(N)C(O)CC(C)c1ccc(C)c(C)c1. The average Bonchev–Trinajstić information content (AvgIpc) is 2.31. The van der Waals surface area contributed by atoms with Crippen molar-refractivity contribution in [3.05, 3.63) is 34.9 Å². The highest BCUT2D eigenvalue weighted by atomic mass is 16.3. The molecule has 0 amide bonds. The predicted molar refractivity (Wildman–Crippen MR) is 73.2 cm³/mol. The Morgan fingerprint density at radius 2 is 1.88 bits per heavy atom. The molecule has 3 atom stereocenters. The van der Waals surface area contributed by atoms with E-state index < -0.39 is 6.10 Å². The second kappa shape index (κ2) is 6.18. The zero-order valence-electron chi connectivity index (χ0n) is 11.4. The van der Waals surface area contributed by atoms with Crippen LogP contribution in [0.5, 0.6) is 0 Å². The summed E-state index contributed by atoms with van der Waals surface area (Å²) in [5, 5.41) is 9.95. The minimum atomic E-state index is -0.406. The molecule has 0 aliphatic carbocycles. The Labute approximate surface area is 105 Å². The molecule has 2 heteroatoms. The fourth-order valence-corrected chi connectivity index (χ4v) is 2.02. The molecule has 0 aliphatic rings. The van der Waals surface area contributed by atoms with Crippen molar-refractivity contribution in [2.24, 2.45) is 5.73 Å². The van der Waals surface area contributed by atoms with Gasteiger partial charge in [0.05, 0.1) is 6.10 Å². The van der Waals surface area contributed by atoms with E-state index in [-0.39, 0.29) is 6.04 Å². The number of aliphatic hydroxyl groups is 1. The van der Waals surface area contributed by atoms with Crippen LogP contribution in [0.25, 0.3) is 0 Å². The highest BCUT2D eigenvalue weighted by molar-refractivity contribution is 5.31. The van der Waals surface area contributed by atoms with Crippen molar-refractivity contribution in [2.75, 3.05) is 0 Å². The van der Waals surface area contributed by atoms with Crippen LogP contribution in [0.2, 0.25) is 0 Å². The van der Waals surface area contributed by atoms with Crippen molar-refractivity contribution in [2.45, 2.75) is 58.6 Å². The summed E-state index contributed by atoms with van der Waals surface area (Å²) in [6.45, 7) is 8.40. The quantitative estimate of drug-likeness (QED) is 0.824. The minimum absolute atomic E-state index is 0.107. The van der Waals surface area contributed by atoms with Gasteiger partial charge in [-0.1, -0.05) is 32.0 Å². The number of nitrogens with two attached hydrogens (primary N) is 1. The van der Waals surface area contributed by atoms with Gasteiger partial charge in [0.15, 0.2) is 0 Å². The van der Waals surface area contributed by atoms with Crippen molar-refractivity contribution in [3.8, 4) is 0 Å².